The summed E-state index contributed by atoms with van der Waals surface area (Å²) in [5, 5.41) is 3.36. The molecule has 4 heteroatoms. The Morgan fingerprint density at radius 1 is 1.15 bits per heavy atom. The number of nitrogens with zero attached hydrogens (tertiary/aromatic N) is 1. The molecule has 2 nitrogen and oxygen atoms in total. The first-order valence-corrected chi connectivity index (χ1v) is 7.41. The van der Waals surface area contributed by atoms with E-state index < -0.39 is 0 Å². The molecule has 20 heavy (non-hydrogen) atoms. The van der Waals surface area contributed by atoms with Crippen LogP contribution in [0.4, 0.5) is 8.78 Å². The highest BCUT2D eigenvalue weighted by Gasteiger charge is 2.18. The van der Waals surface area contributed by atoms with Crippen molar-refractivity contribution in [1.29, 1.82) is 0 Å². The second kappa shape index (κ2) is 6.64. The molecular weight excluding hydrogens is 258 g/mol. The second-order valence-corrected chi connectivity index (χ2v) is 5.92. The Morgan fingerprint density at radius 2 is 1.80 bits per heavy atom. The lowest BCUT2D eigenvalue weighted by Gasteiger charge is -2.25. The molecule has 1 aliphatic rings. The number of hydrogen-bond acceptors (Lipinski definition) is 2. The standard InChI is InChI=1S/C16H24F2N2/c1-11-8-16(18)14(9-15(11)17)13(3)19-12(2)10-20-6-4-5-7-20/h8-9,12-13,19H,4-7,10H2,1-3H3. The van der Waals surface area contributed by atoms with Gasteiger partial charge in [0.05, 0.1) is 0 Å². The Labute approximate surface area is 120 Å². The molecule has 1 heterocycles. The summed E-state index contributed by atoms with van der Waals surface area (Å²) >= 11 is 0. The average Bonchev–Trinajstić information content (AvgIpc) is 2.86. The second-order valence-electron chi connectivity index (χ2n) is 5.92. The van der Waals surface area contributed by atoms with Gasteiger partial charge in [0.15, 0.2) is 0 Å². The minimum atomic E-state index is -0.345. The summed E-state index contributed by atoms with van der Waals surface area (Å²) in [5.74, 6) is -0.681. The Hall–Kier alpha value is -1.00. The van der Waals surface area contributed by atoms with Crippen LogP contribution in [0.5, 0.6) is 0 Å². The van der Waals surface area contributed by atoms with E-state index in [1.54, 1.807) is 6.92 Å². The third kappa shape index (κ3) is 3.76. The molecule has 2 rings (SSSR count). The van der Waals surface area contributed by atoms with Gasteiger partial charge in [-0.3, -0.25) is 0 Å². The smallest absolute Gasteiger partial charge is 0.128 e. The van der Waals surface area contributed by atoms with Crippen LogP contribution in [0.1, 0.15) is 43.9 Å². The van der Waals surface area contributed by atoms with Crippen molar-refractivity contribution < 1.29 is 8.78 Å². The normalized spacial score (nSPS) is 19.2. The van der Waals surface area contributed by atoms with Crippen molar-refractivity contribution in [2.24, 2.45) is 0 Å². The molecule has 1 saturated heterocycles. The quantitative estimate of drug-likeness (QED) is 0.890. The fraction of sp³-hybridized carbons (Fsp3) is 0.625. The molecule has 1 fully saturated rings. The van der Waals surface area contributed by atoms with Gasteiger partial charge < -0.3 is 10.2 Å². The lowest BCUT2D eigenvalue weighted by Crippen LogP contribution is -2.39. The van der Waals surface area contributed by atoms with Crippen LogP contribution < -0.4 is 5.32 Å². The SMILES string of the molecule is Cc1cc(F)c(C(C)NC(C)CN2CCCC2)cc1F. The first kappa shape index (κ1) is 15.4. The summed E-state index contributed by atoms with van der Waals surface area (Å²) in [4.78, 5) is 2.41. The molecule has 1 aromatic carbocycles. The molecule has 0 amide bonds. The van der Waals surface area contributed by atoms with Crippen LogP contribution in [0.15, 0.2) is 12.1 Å². The monoisotopic (exact) mass is 282 g/mol. The van der Waals surface area contributed by atoms with Crippen LogP contribution in [-0.4, -0.2) is 30.6 Å². The minimum absolute atomic E-state index is 0.192. The van der Waals surface area contributed by atoms with E-state index in [9.17, 15) is 8.78 Å². The van der Waals surface area contributed by atoms with E-state index in [1.165, 1.54) is 25.0 Å². The first-order valence-electron chi connectivity index (χ1n) is 7.41. The highest BCUT2D eigenvalue weighted by atomic mass is 19.1. The molecule has 0 spiro atoms. The third-order valence-electron chi connectivity index (χ3n) is 4.01. The van der Waals surface area contributed by atoms with Crippen LogP contribution in [-0.2, 0) is 0 Å². The number of benzene rings is 1. The summed E-state index contributed by atoms with van der Waals surface area (Å²) in [5.41, 5.74) is 0.755. The lowest BCUT2D eigenvalue weighted by molar-refractivity contribution is 0.288. The molecule has 0 radical (unpaired) electrons. The molecule has 2 atom stereocenters. The van der Waals surface area contributed by atoms with Crippen molar-refractivity contribution in [3.63, 3.8) is 0 Å². The Bertz CT molecular complexity index is 456. The zero-order valence-electron chi connectivity index (χ0n) is 12.5. The summed E-state index contributed by atoms with van der Waals surface area (Å²) < 4.78 is 27.5. The van der Waals surface area contributed by atoms with E-state index in [0.717, 1.165) is 19.6 Å². The Balaban J connectivity index is 1.96. The molecular formula is C16H24F2N2. The van der Waals surface area contributed by atoms with E-state index in [0.29, 0.717) is 11.1 Å². The molecule has 1 aromatic rings. The van der Waals surface area contributed by atoms with Gasteiger partial charge in [0, 0.05) is 24.2 Å². The molecule has 0 aromatic heterocycles. The molecule has 0 aliphatic carbocycles. The van der Waals surface area contributed by atoms with E-state index >= 15 is 0 Å². The molecule has 0 saturated carbocycles. The summed E-state index contributed by atoms with van der Waals surface area (Å²) in [7, 11) is 0. The van der Waals surface area contributed by atoms with Gasteiger partial charge in [0.1, 0.15) is 11.6 Å². The van der Waals surface area contributed by atoms with E-state index in [1.807, 2.05) is 6.92 Å². The van der Waals surface area contributed by atoms with Crippen molar-refractivity contribution in [3.05, 3.63) is 34.9 Å². The van der Waals surface area contributed by atoms with Gasteiger partial charge in [-0.1, -0.05) is 0 Å². The van der Waals surface area contributed by atoms with Crippen LogP contribution in [0.25, 0.3) is 0 Å². The highest BCUT2D eigenvalue weighted by Crippen LogP contribution is 2.21. The lowest BCUT2D eigenvalue weighted by atomic mass is 10.0. The molecule has 1 aliphatic heterocycles. The molecule has 0 bridgehead atoms. The zero-order valence-corrected chi connectivity index (χ0v) is 12.5. The fourth-order valence-electron chi connectivity index (χ4n) is 2.92. The van der Waals surface area contributed by atoms with Gasteiger partial charge in [-0.15, -0.1) is 0 Å². The maximum Gasteiger partial charge on any atom is 0.128 e. The van der Waals surface area contributed by atoms with Crippen LogP contribution in [0.3, 0.4) is 0 Å². The summed E-state index contributed by atoms with van der Waals surface area (Å²) in [6.45, 7) is 8.81. The number of aryl methyl sites for hydroxylation is 1. The van der Waals surface area contributed by atoms with Gasteiger partial charge in [-0.05, 0) is 64.4 Å². The predicted octanol–water partition coefficient (Wildman–Crippen LogP) is 3.41. The number of likely N-dealkylation sites (tertiary alicyclic amines) is 1. The maximum atomic E-state index is 13.9. The number of rotatable bonds is 5. The van der Waals surface area contributed by atoms with Gasteiger partial charge in [-0.2, -0.15) is 0 Å². The highest BCUT2D eigenvalue weighted by molar-refractivity contribution is 5.27. The van der Waals surface area contributed by atoms with Gasteiger partial charge >= 0.3 is 0 Å². The summed E-state index contributed by atoms with van der Waals surface area (Å²) in [6, 6.07) is 2.65. The minimum Gasteiger partial charge on any atom is -0.306 e. The fourth-order valence-corrected chi connectivity index (χ4v) is 2.92. The molecule has 1 N–H and O–H groups in total. The zero-order chi connectivity index (χ0) is 14.7. The van der Waals surface area contributed by atoms with E-state index in [4.69, 9.17) is 0 Å². The molecule has 112 valence electrons. The topological polar surface area (TPSA) is 15.3 Å². The number of nitrogens with one attached hydrogen (secondary N) is 1. The van der Waals surface area contributed by atoms with Crippen LogP contribution in [0.2, 0.25) is 0 Å². The van der Waals surface area contributed by atoms with E-state index in [-0.39, 0.29) is 23.7 Å². The Kier molecular flexibility index (Phi) is 5.11. The summed E-state index contributed by atoms with van der Waals surface area (Å²) in [6.07, 6.45) is 2.53. The average molecular weight is 282 g/mol. The predicted molar refractivity (Wildman–Crippen MR) is 77.8 cm³/mol. The van der Waals surface area contributed by atoms with Crippen molar-refractivity contribution in [1.82, 2.24) is 10.2 Å². The van der Waals surface area contributed by atoms with E-state index in [2.05, 4.69) is 17.1 Å². The number of halogens is 2. The third-order valence-corrected chi connectivity index (χ3v) is 4.01. The first-order chi connectivity index (χ1) is 9.47. The van der Waals surface area contributed by atoms with Crippen molar-refractivity contribution >= 4 is 0 Å². The van der Waals surface area contributed by atoms with Crippen molar-refractivity contribution in [3.8, 4) is 0 Å². The molecule has 2 unspecified atom stereocenters. The van der Waals surface area contributed by atoms with Gasteiger partial charge in [0.2, 0.25) is 0 Å². The van der Waals surface area contributed by atoms with Gasteiger partial charge in [-0.25, -0.2) is 8.78 Å². The maximum absolute atomic E-state index is 13.9. The Morgan fingerprint density at radius 3 is 2.45 bits per heavy atom. The van der Waals surface area contributed by atoms with Crippen molar-refractivity contribution in [2.45, 2.75) is 45.7 Å². The largest absolute Gasteiger partial charge is 0.306 e. The van der Waals surface area contributed by atoms with Gasteiger partial charge in [0.25, 0.3) is 0 Å². The number of hydrogen-bond donors (Lipinski definition) is 1. The van der Waals surface area contributed by atoms with Crippen LogP contribution in [0, 0.1) is 18.6 Å². The van der Waals surface area contributed by atoms with Crippen LogP contribution >= 0.6 is 0 Å². The van der Waals surface area contributed by atoms with Crippen molar-refractivity contribution in [2.75, 3.05) is 19.6 Å².